The van der Waals surface area contributed by atoms with Gasteiger partial charge in [0.2, 0.25) is 0 Å². The standard InChI is InChI=1S/C22H26FN3O2/c1-22(2,28)19-11-20-16(10-21(19)25-9-3-4-17(23)13-25)12-26(24-20)18-7-5-15(14-27)6-8-18/h3-4,10-15,18,28H,5-9H2,1-2H3. The smallest absolute Gasteiger partial charge is 0.139 e. The molecule has 1 N–H and O–H groups in total. The fourth-order valence-corrected chi connectivity index (χ4v) is 4.19. The van der Waals surface area contributed by atoms with E-state index in [2.05, 4.69) is 0 Å². The van der Waals surface area contributed by atoms with Crippen LogP contribution in [0.2, 0.25) is 0 Å². The number of aliphatic hydroxyl groups is 1. The highest BCUT2D eigenvalue weighted by Gasteiger charge is 2.26. The average molecular weight is 383 g/mol. The Balaban J connectivity index is 1.73. The third-order valence-corrected chi connectivity index (χ3v) is 5.77. The van der Waals surface area contributed by atoms with Crippen molar-refractivity contribution in [2.24, 2.45) is 5.92 Å². The van der Waals surface area contributed by atoms with E-state index in [0.717, 1.165) is 48.6 Å². The van der Waals surface area contributed by atoms with E-state index in [-0.39, 0.29) is 17.8 Å². The number of hydrogen-bond donors (Lipinski definition) is 1. The zero-order valence-corrected chi connectivity index (χ0v) is 16.3. The van der Waals surface area contributed by atoms with Gasteiger partial charge in [0.25, 0.3) is 0 Å². The summed E-state index contributed by atoms with van der Waals surface area (Å²) in [5.41, 5.74) is 1.23. The molecular formula is C22H26FN3O2. The largest absolute Gasteiger partial charge is 0.386 e. The molecule has 148 valence electrons. The lowest BCUT2D eigenvalue weighted by atomic mass is 9.87. The van der Waals surface area contributed by atoms with E-state index in [0.29, 0.717) is 12.1 Å². The number of hydrogen-bond acceptors (Lipinski definition) is 4. The third-order valence-electron chi connectivity index (χ3n) is 5.77. The molecule has 2 aliphatic rings. The van der Waals surface area contributed by atoms with Gasteiger partial charge in [-0.15, -0.1) is 0 Å². The van der Waals surface area contributed by atoms with Gasteiger partial charge in [0.05, 0.1) is 17.2 Å². The molecule has 28 heavy (non-hydrogen) atoms. The SMILES string of the molecule is CC(C)(O)c1cc2nn(C3CCC(C=O)CC3)cc2cc1N1C=C(F)C=CC1. The highest BCUT2D eigenvalue weighted by molar-refractivity contribution is 5.85. The molecule has 4 rings (SSSR count). The number of benzene rings is 1. The fraction of sp³-hybridized carbons (Fsp3) is 0.455. The minimum absolute atomic E-state index is 0.170. The lowest BCUT2D eigenvalue weighted by molar-refractivity contribution is -0.112. The van der Waals surface area contributed by atoms with Gasteiger partial charge in [-0.3, -0.25) is 4.68 Å². The van der Waals surface area contributed by atoms with Gasteiger partial charge < -0.3 is 14.8 Å². The van der Waals surface area contributed by atoms with E-state index < -0.39 is 5.60 Å². The van der Waals surface area contributed by atoms with Gasteiger partial charge in [0.15, 0.2) is 0 Å². The van der Waals surface area contributed by atoms with Crippen molar-refractivity contribution in [2.75, 3.05) is 11.4 Å². The van der Waals surface area contributed by atoms with Gasteiger partial charge in [0.1, 0.15) is 12.1 Å². The number of carbonyl (C=O) groups excluding carboxylic acids is 1. The van der Waals surface area contributed by atoms with Crippen LogP contribution in [0.25, 0.3) is 10.9 Å². The van der Waals surface area contributed by atoms with Gasteiger partial charge in [-0.2, -0.15) is 5.10 Å². The number of halogens is 1. The summed E-state index contributed by atoms with van der Waals surface area (Å²) in [7, 11) is 0. The molecule has 1 aromatic heterocycles. The molecule has 0 atom stereocenters. The Labute approximate surface area is 164 Å². The zero-order valence-electron chi connectivity index (χ0n) is 16.3. The molecule has 5 nitrogen and oxygen atoms in total. The van der Waals surface area contributed by atoms with E-state index in [4.69, 9.17) is 5.10 Å². The summed E-state index contributed by atoms with van der Waals surface area (Å²) < 4.78 is 15.8. The molecule has 2 aromatic rings. The molecule has 1 fully saturated rings. The second kappa shape index (κ2) is 7.17. The average Bonchev–Trinajstić information content (AvgIpc) is 3.09. The highest BCUT2D eigenvalue weighted by atomic mass is 19.1. The van der Waals surface area contributed by atoms with Crippen LogP contribution < -0.4 is 4.90 Å². The summed E-state index contributed by atoms with van der Waals surface area (Å²) in [6, 6.07) is 4.17. The number of nitrogens with zero attached hydrogens (tertiary/aromatic N) is 3. The number of rotatable bonds is 4. The molecule has 1 aliphatic carbocycles. The fourth-order valence-electron chi connectivity index (χ4n) is 4.19. The maximum absolute atomic E-state index is 13.8. The van der Waals surface area contributed by atoms with Gasteiger partial charge >= 0.3 is 0 Å². The Morgan fingerprint density at radius 2 is 2.00 bits per heavy atom. The number of aldehydes is 1. The predicted molar refractivity (Wildman–Crippen MR) is 108 cm³/mol. The number of carbonyl (C=O) groups is 1. The summed E-state index contributed by atoms with van der Waals surface area (Å²) in [5.74, 6) is -0.140. The minimum Gasteiger partial charge on any atom is -0.386 e. The molecule has 1 aliphatic heterocycles. The highest BCUT2D eigenvalue weighted by Crippen LogP contribution is 2.37. The van der Waals surface area contributed by atoms with Crippen LogP contribution in [0.5, 0.6) is 0 Å². The van der Waals surface area contributed by atoms with Crippen LogP contribution in [-0.2, 0) is 10.4 Å². The van der Waals surface area contributed by atoms with E-state index >= 15 is 0 Å². The Kier molecular flexibility index (Phi) is 4.83. The molecule has 0 radical (unpaired) electrons. The molecule has 0 bridgehead atoms. The third kappa shape index (κ3) is 3.61. The van der Waals surface area contributed by atoms with Gasteiger partial charge in [-0.25, -0.2) is 4.39 Å². The quantitative estimate of drug-likeness (QED) is 0.796. The van der Waals surface area contributed by atoms with E-state index in [1.807, 2.05) is 27.9 Å². The van der Waals surface area contributed by atoms with Crippen LogP contribution in [0.3, 0.4) is 0 Å². The Hall–Kier alpha value is -2.47. The van der Waals surface area contributed by atoms with Crippen LogP contribution in [-0.4, -0.2) is 27.7 Å². The van der Waals surface area contributed by atoms with Crippen LogP contribution in [0.4, 0.5) is 10.1 Å². The Morgan fingerprint density at radius 3 is 2.64 bits per heavy atom. The van der Waals surface area contributed by atoms with Crippen molar-refractivity contribution in [1.29, 1.82) is 0 Å². The maximum atomic E-state index is 13.8. The summed E-state index contributed by atoms with van der Waals surface area (Å²) in [5, 5.41) is 16.4. The number of fused-ring (bicyclic) bond motifs is 1. The Morgan fingerprint density at radius 1 is 1.25 bits per heavy atom. The van der Waals surface area contributed by atoms with Crippen LogP contribution in [0.15, 0.2) is 42.5 Å². The number of allylic oxidation sites excluding steroid dienone is 2. The lowest BCUT2D eigenvalue weighted by Crippen LogP contribution is -2.25. The van der Waals surface area contributed by atoms with Crippen LogP contribution >= 0.6 is 0 Å². The summed E-state index contributed by atoms with van der Waals surface area (Å²) in [6.45, 7) is 4.01. The van der Waals surface area contributed by atoms with E-state index in [9.17, 15) is 14.3 Å². The summed E-state index contributed by atoms with van der Waals surface area (Å²) in [6.07, 6.45) is 11.4. The van der Waals surface area contributed by atoms with Crippen molar-refractivity contribution in [3.05, 3.63) is 48.1 Å². The monoisotopic (exact) mass is 383 g/mol. The molecule has 2 heterocycles. The number of aromatic nitrogens is 2. The molecular weight excluding hydrogens is 357 g/mol. The second-order valence-corrected chi connectivity index (χ2v) is 8.37. The van der Waals surface area contributed by atoms with Gasteiger partial charge in [-0.1, -0.05) is 6.08 Å². The topological polar surface area (TPSA) is 58.4 Å². The summed E-state index contributed by atoms with van der Waals surface area (Å²) >= 11 is 0. The first kappa shape index (κ1) is 18.9. The van der Waals surface area contributed by atoms with Crippen LogP contribution in [0.1, 0.15) is 51.1 Å². The normalized spacial score (nSPS) is 23.1. The van der Waals surface area contributed by atoms with Gasteiger partial charge in [0, 0.05) is 41.5 Å². The predicted octanol–water partition coefficient (Wildman–Crippen LogP) is 4.38. The maximum Gasteiger partial charge on any atom is 0.139 e. The second-order valence-electron chi connectivity index (χ2n) is 8.37. The molecule has 0 unspecified atom stereocenters. The minimum atomic E-state index is -1.08. The molecule has 6 heteroatoms. The van der Waals surface area contributed by atoms with Crippen molar-refractivity contribution >= 4 is 22.9 Å². The first-order chi connectivity index (χ1) is 13.3. The number of anilines is 1. The molecule has 0 saturated heterocycles. The van der Waals surface area contributed by atoms with E-state index in [1.54, 1.807) is 19.9 Å². The first-order valence-electron chi connectivity index (χ1n) is 9.86. The van der Waals surface area contributed by atoms with Crippen molar-refractivity contribution in [3.8, 4) is 0 Å². The molecule has 1 aromatic carbocycles. The molecule has 0 amide bonds. The van der Waals surface area contributed by atoms with Crippen molar-refractivity contribution in [3.63, 3.8) is 0 Å². The van der Waals surface area contributed by atoms with Crippen molar-refractivity contribution < 1.29 is 14.3 Å². The first-order valence-corrected chi connectivity index (χ1v) is 9.86. The molecule has 0 spiro atoms. The van der Waals surface area contributed by atoms with Crippen LogP contribution in [0, 0.1) is 5.92 Å². The Bertz CT molecular complexity index is 947. The summed E-state index contributed by atoms with van der Waals surface area (Å²) in [4.78, 5) is 12.8. The van der Waals surface area contributed by atoms with Gasteiger partial charge in [-0.05, 0) is 57.7 Å². The van der Waals surface area contributed by atoms with Crippen molar-refractivity contribution in [1.82, 2.24) is 9.78 Å². The lowest BCUT2D eigenvalue weighted by Gasteiger charge is -2.29. The zero-order chi connectivity index (χ0) is 19.9. The van der Waals surface area contributed by atoms with E-state index in [1.165, 1.54) is 12.3 Å². The van der Waals surface area contributed by atoms with Crippen molar-refractivity contribution in [2.45, 2.75) is 51.2 Å². The molecule has 1 saturated carbocycles.